The number of ether oxygens (including phenoxy) is 1. The molecule has 2 aliphatic rings. The Labute approximate surface area is 195 Å². The van der Waals surface area contributed by atoms with Crippen molar-refractivity contribution in [2.45, 2.75) is 57.7 Å². The van der Waals surface area contributed by atoms with Crippen molar-refractivity contribution in [3.8, 4) is 11.1 Å². The fraction of sp³-hybridized carbons (Fsp3) is 0.480. The summed E-state index contributed by atoms with van der Waals surface area (Å²) >= 11 is 0. The standard InChI is InChI=1S/C25H31FN2O4S/c1-24(2,3)32-23(29)28-16-25(11-12-25)22(27-33(4,30)31)21(28)14-17-7-5-8-18(13-17)19-9-6-10-20(26)15-19/h5-10,13,15,21-22,27H,11-12,14,16H2,1-4H3. The molecule has 2 aromatic rings. The van der Waals surface area contributed by atoms with Crippen LogP contribution in [0.15, 0.2) is 48.5 Å². The molecule has 6 nitrogen and oxygen atoms in total. The molecule has 1 saturated carbocycles. The molecule has 2 fully saturated rings. The van der Waals surface area contributed by atoms with Gasteiger partial charge in [-0.3, -0.25) is 0 Å². The van der Waals surface area contributed by atoms with Gasteiger partial charge in [-0.2, -0.15) is 0 Å². The number of nitrogens with one attached hydrogen (secondary N) is 1. The first-order chi connectivity index (χ1) is 15.4. The molecule has 2 aromatic carbocycles. The molecular weight excluding hydrogens is 443 g/mol. The number of sulfonamides is 1. The van der Waals surface area contributed by atoms with E-state index in [9.17, 15) is 17.6 Å². The lowest BCUT2D eigenvalue weighted by molar-refractivity contribution is 0.0214. The summed E-state index contributed by atoms with van der Waals surface area (Å²) in [5.74, 6) is -0.308. The maximum atomic E-state index is 13.7. The molecule has 2 unspecified atom stereocenters. The normalized spacial score (nSPS) is 21.9. The molecule has 2 atom stereocenters. The first-order valence-electron chi connectivity index (χ1n) is 11.2. The van der Waals surface area contributed by atoms with Crippen molar-refractivity contribution in [3.63, 3.8) is 0 Å². The zero-order valence-electron chi connectivity index (χ0n) is 19.5. The summed E-state index contributed by atoms with van der Waals surface area (Å²) in [6, 6.07) is 13.3. The molecule has 4 rings (SSSR count). The van der Waals surface area contributed by atoms with Gasteiger partial charge in [-0.25, -0.2) is 22.3 Å². The highest BCUT2D eigenvalue weighted by Crippen LogP contribution is 2.55. The fourth-order valence-electron chi connectivity index (χ4n) is 4.74. The smallest absolute Gasteiger partial charge is 0.410 e. The van der Waals surface area contributed by atoms with Gasteiger partial charge in [0.25, 0.3) is 0 Å². The molecule has 0 aromatic heterocycles. The summed E-state index contributed by atoms with van der Waals surface area (Å²) in [6.07, 6.45) is 2.90. The number of carbonyl (C=O) groups is 1. The fourth-order valence-corrected chi connectivity index (χ4v) is 5.61. The summed E-state index contributed by atoms with van der Waals surface area (Å²) in [4.78, 5) is 14.8. The molecule has 0 bridgehead atoms. The minimum absolute atomic E-state index is 0.259. The number of hydrogen-bond acceptors (Lipinski definition) is 4. The summed E-state index contributed by atoms with van der Waals surface area (Å²) in [6.45, 7) is 5.91. The van der Waals surface area contributed by atoms with Gasteiger partial charge < -0.3 is 9.64 Å². The summed E-state index contributed by atoms with van der Waals surface area (Å²) < 4.78 is 46.6. The van der Waals surface area contributed by atoms with E-state index in [1.807, 2.05) is 51.1 Å². The Balaban J connectivity index is 1.67. The van der Waals surface area contributed by atoms with E-state index in [1.165, 1.54) is 12.1 Å². The Kier molecular flexibility index (Phi) is 6.03. The number of carbonyl (C=O) groups excluding carboxylic acids is 1. The molecule has 1 saturated heterocycles. The molecule has 1 amide bonds. The molecule has 1 aliphatic carbocycles. The molecule has 1 aliphatic heterocycles. The van der Waals surface area contributed by atoms with Crippen LogP contribution in [-0.2, 0) is 21.2 Å². The van der Waals surface area contributed by atoms with E-state index < -0.39 is 27.8 Å². The molecule has 8 heteroatoms. The number of likely N-dealkylation sites (tertiary alicyclic amines) is 1. The number of hydrogen-bond donors (Lipinski definition) is 1. The van der Waals surface area contributed by atoms with Gasteiger partial charge in [-0.05, 0) is 68.9 Å². The first-order valence-corrected chi connectivity index (χ1v) is 13.1. The zero-order chi connectivity index (χ0) is 24.0. The van der Waals surface area contributed by atoms with Gasteiger partial charge in [0.2, 0.25) is 10.0 Å². The van der Waals surface area contributed by atoms with E-state index in [1.54, 1.807) is 11.0 Å². The number of halogens is 1. The molecule has 1 spiro atoms. The Morgan fingerprint density at radius 2 is 1.79 bits per heavy atom. The highest BCUT2D eigenvalue weighted by Gasteiger charge is 2.61. The third-order valence-corrected chi connectivity index (χ3v) is 7.00. The van der Waals surface area contributed by atoms with Gasteiger partial charge in [0.15, 0.2) is 0 Å². The van der Waals surface area contributed by atoms with Crippen molar-refractivity contribution in [1.82, 2.24) is 9.62 Å². The summed E-state index contributed by atoms with van der Waals surface area (Å²) in [5, 5.41) is 0. The molecule has 0 radical (unpaired) electrons. The van der Waals surface area contributed by atoms with Gasteiger partial charge >= 0.3 is 6.09 Å². The van der Waals surface area contributed by atoms with Crippen molar-refractivity contribution in [2.24, 2.45) is 5.41 Å². The maximum Gasteiger partial charge on any atom is 0.410 e. The molecular formula is C25H31FN2O4S. The molecule has 178 valence electrons. The van der Waals surface area contributed by atoms with E-state index in [0.29, 0.717) is 13.0 Å². The Hall–Kier alpha value is -2.45. The van der Waals surface area contributed by atoms with Crippen molar-refractivity contribution in [2.75, 3.05) is 12.8 Å². The van der Waals surface area contributed by atoms with Crippen LogP contribution < -0.4 is 4.72 Å². The number of amides is 1. The largest absolute Gasteiger partial charge is 0.444 e. The lowest BCUT2D eigenvalue weighted by atomic mass is 9.92. The second kappa shape index (κ2) is 8.40. The Morgan fingerprint density at radius 1 is 1.15 bits per heavy atom. The SMILES string of the molecule is CC(C)(C)OC(=O)N1CC2(CC2)C(NS(C)(=O)=O)C1Cc1cccc(-c2cccc(F)c2)c1. The second-order valence-electron chi connectivity index (χ2n) is 10.3. The van der Waals surface area contributed by atoms with Crippen LogP contribution in [0.4, 0.5) is 9.18 Å². The van der Waals surface area contributed by atoms with Crippen LogP contribution in [-0.4, -0.2) is 49.9 Å². The summed E-state index contributed by atoms with van der Waals surface area (Å²) in [7, 11) is -3.47. The first kappa shape index (κ1) is 23.7. The van der Waals surface area contributed by atoms with E-state index in [4.69, 9.17) is 4.74 Å². The molecule has 33 heavy (non-hydrogen) atoms. The Morgan fingerprint density at radius 3 is 2.36 bits per heavy atom. The highest BCUT2D eigenvalue weighted by molar-refractivity contribution is 7.88. The van der Waals surface area contributed by atoms with Crippen LogP contribution in [0.5, 0.6) is 0 Å². The highest BCUT2D eigenvalue weighted by atomic mass is 32.2. The van der Waals surface area contributed by atoms with Crippen LogP contribution in [0.1, 0.15) is 39.2 Å². The number of nitrogens with zero attached hydrogens (tertiary/aromatic N) is 1. The second-order valence-corrected chi connectivity index (χ2v) is 12.1. The van der Waals surface area contributed by atoms with Gasteiger partial charge in [0.05, 0.1) is 12.3 Å². The minimum Gasteiger partial charge on any atom is -0.444 e. The van der Waals surface area contributed by atoms with Crippen LogP contribution in [0, 0.1) is 11.2 Å². The summed E-state index contributed by atoms with van der Waals surface area (Å²) in [5.41, 5.74) is 1.65. The predicted molar refractivity (Wildman–Crippen MR) is 126 cm³/mol. The zero-order valence-corrected chi connectivity index (χ0v) is 20.3. The van der Waals surface area contributed by atoms with E-state index in [-0.39, 0.29) is 17.3 Å². The monoisotopic (exact) mass is 474 g/mol. The Bertz CT molecular complexity index is 1150. The number of rotatable bonds is 5. The lowest BCUT2D eigenvalue weighted by Gasteiger charge is -2.31. The number of benzene rings is 2. The van der Waals surface area contributed by atoms with Crippen LogP contribution >= 0.6 is 0 Å². The van der Waals surface area contributed by atoms with Crippen LogP contribution in [0.25, 0.3) is 11.1 Å². The van der Waals surface area contributed by atoms with Crippen LogP contribution in [0.2, 0.25) is 0 Å². The minimum atomic E-state index is -3.47. The van der Waals surface area contributed by atoms with E-state index in [2.05, 4.69) is 4.72 Å². The van der Waals surface area contributed by atoms with Crippen molar-refractivity contribution >= 4 is 16.1 Å². The third kappa shape index (κ3) is 5.55. The average Bonchev–Trinajstić information content (AvgIpc) is 3.42. The van der Waals surface area contributed by atoms with E-state index in [0.717, 1.165) is 35.8 Å². The van der Waals surface area contributed by atoms with Gasteiger partial charge in [0, 0.05) is 18.0 Å². The lowest BCUT2D eigenvalue weighted by Crippen LogP contribution is -2.50. The topological polar surface area (TPSA) is 75.7 Å². The molecule has 1 N–H and O–H groups in total. The van der Waals surface area contributed by atoms with Gasteiger partial charge in [-0.1, -0.05) is 36.4 Å². The van der Waals surface area contributed by atoms with Gasteiger partial charge in [0.1, 0.15) is 11.4 Å². The average molecular weight is 475 g/mol. The quantitative estimate of drug-likeness (QED) is 0.699. The van der Waals surface area contributed by atoms with Crippen molar-refractivity contribution < 1.29 is 22.3 Å². The van der Waals surface area contributed by atoms with E-state index >= 15 is 0 Å². The van der Waals surface area contributed by atoms with Crippen LogP contribution in [0.3, 0.4) is 0 Å². The molecule has 1 heterocycles. The predicted octanol–water partition coefficient (Wildman–Crippen LogP) is 4.35. The third-order valence-electron chi connectivity index (χ3n) is 6.32. The maximum absolute atomic E-state index is 13.7. The van der Waals surface area contributed by atoms with Gasteiger partial charge in [-0.15, -0.1) is 0 Å². The van der Waals surface area contributed by atoms with Crippen molar-refractivity contribution in [1.29, 1.82) is 0 Å². The van der Waals surface area contributed by atoms with Crippen molar-refractivity contribution in [3.05, 3.63) is 59.9 Å².